The molecule has 0 aromatic heterocycles. The summed E-state index contributed by atoms with van der Waals surface area (Å²) in [7, 11) is 0. The van der Waals surface area contributed by atoms with Gasteiger partial charge in [0.25, 0.3) is 0 Å². The van der Waals surface area contributed by atoms with Crippen LogP contribution >= 0.6 is 11.6 Å². The Kier molecular flexibility index (Phi) is 6.34. The highest BCUT2D eigenvalue weighted by molar-refractivity contribution is 6.31. The molecule has 1 heterocycles. The average molecular weight is 393 g/mol. The van der Waals surface area contributed by atoms with Gasteiger partial charge in [-0.25, -0.2) is 0 Å². The molecule has 7 nitrogen and oxygen atoms in total. The number of nitrogens with zero attached hydrogens (tertiary/aromatic N) is 2. The fourth-order valence-electron chi connectivity index (χ4n) is 3.09. The summed E-state index contributed by atoms with van der Waals surface area (Å²) < 4.78 is 0. The van der Waals surface area contributed by atoms with E-state index in [1.54, 1.807) is 18.2 Å². The van der Waals surface area contributed by atoms with E-state index in [0.717, 1.165) is 18.4 Å². The first kappa shape index (κ1) is 19.6. The first-order chi connectivity index (χ1) is 12.9. The van der Waals surface area contributed by atoms with Gasteiger partial charge in [-0.2, -0.15) is 0 Å². The van der Waals surface area contributed by atoms with Crippen molar-refractivity contribution in [3.8, 4) is 0 Å². The quantitative estimate of drug-likeness (QED) is 0.763. The van der Waals surface area contributed by atoms with Crippen LogP contribution in [-0.4, -0.2) is 66.8 Å². The van der Waals surface area contributed by atoms with Crippen molar-refractivity contribution in [1.82, 2.24) is 15.1 Å². The van der Waals surface area contributed by atoms with E-state index in [1.165, 1.54) is 0 Å². The van der Waals surface area contributed by atoms with Gasteiger partial charge in [0.2, 0.25) is 17.7 Å². The van der Waals surface area contributed by atoms with E-state index >= 15 is 0 Å². The number of hydrogen-bond donors (Lipinski definition) is 2. The third kappa shape index (κ3) is 5.43. The number of halogens is 1. The number of benzene rings is 1. The SMILES string of the molecule is Cc1c(Cl)cccc1NC(=O)CNC(=O)CN1CCN(C(=O)C2CC2)CC1. The summed E-state index contributed by atoms with van der Waals surface area (Å²) >= 11 is 6.03. The molecule has 0 radical (unpaired) electrons. The molecule has 0 atom stereocenters. The molecule has 27 heavy (non-hydrogen) atoms. The standard InChI is InChI=1S/C19H25ClN4O3/c1-13-15(20)3-2-4-16(13)22-17(25)11-21-18(26)12-23-7-9-24(10-8-23)19(27)14-5-6-14/h2-4,14H,5-12H2,1H3,(H,21,26)(H,22,25). The van der Waals surface area contributed by atoms with Crippen LogP contribution in [0.2, 0.25) is 5.02 Å². The highest BCUT2D eigenvalue weighted by Crippen LogP contribution is 2.31. The van der Waals surface area contributed by atoms with Crippen LogP contribution in [-0.2, 0) is 14.4 Å². The summed E-state index contributed by atoms with van der Waals surface area (Å²) in [6.45, 7) is 4.65. The van der Waals surface area contributed by atoms with Gasteiger partial charge in [-0.05, 0) is 37.5 Å². The highest BCUT2D eigenvalue weighted by atomic mass is 35.5. The lowest BCUT2D eigenvalue weighted by Gasteiger charge is -2.34. The van der Waals surface area contributed by atoms with Crippen LogP contribution in [0.25, 0.3) is 0 Å². The number of carbonyl (C=O) groups is 3. The van der Waals surface area contributed by atoms with Gasteiger partial charge in [0.05, 0.1) is 13.1 Å². The summed E-state index contributed by atoms with van der Waals surface area (Å²) in [5, 5.41) is 5.97. The second-order valence-electron chi connectivity index (χ2n) is 7.11. The van der Waals surface area contributed by atoms with Gasteiger partial charge in [0, 0.05) is 42.8 Å². The van der Waals surface area contributed by atoms with Crippen molar-refractivity contribution in [3.63, 3.8) is 0 Å². The van der Waals surface area contributed by atoms with Crippen molar-refractivity contribution in [1.29, 1.82) is 0 Å². The maximum absolute atomic E-state index is 12.1. The van der Waals surface area contributed by atoms with E-state index in [0.29, 0.717) is 36.9 Å². The van der Waals surface area contributed by atoms with Gasteiger partial charge in [0.15, 0.2) is 0 Å². The predicted molar refractivity (Wildman–Crippen MR) is 104 cm³/mol. The van der Waals surface area contributed by atoms with E-state index < -0.39 is 0 Å². The number of nitrogens with one attached hydrogen (secondary N) is 2. The van der Waals surface area contributed by atoms with Crippen molar-refractivity contribution in [2.75, 3.05) is 44.6 Å². The smallest absolute Gasteiger partial charge is 0.243 e. The summed E-state index contributed by atoms with van der Waals surface area (Å²) in [6, 6.07) is 5.28. The van der Waals surface area contributed by atoms with Crippen LogP contribution in [0.3, 0.4) is 0 Å². The minimum Gasteiger partial charge on any atom is -0.346 e. The normalized spacial score (nSPS) is 17.5. The zero-order chi connectivity index (χ0) is 19.4. The van der Waals surface area contributed by atoms with E-state index in [9.17, 15) is 14.4 Å². The molecule has 2 N–H and O–H groups in total. The fourth-order valence-corrected chi connectivity index (χ4v) is 3.26. The predicted octanol–water partition coefficient (Wildman–Crippen LogP) is 1.26. The lowest BCUT2D eigenvalue weighted by atomic mass is 10.2. The molecule has 1 saturated heterocycles. The number of hydrogen-bond acceptors (Lipinski definition) is 4. The van der Waals surface area contributed by atoms with Crippen LogP contribution in [0, 0.1) is 12.8 Å². The second-order valence-corrected chi connectivity index (χ2v) is 7.52. The Morgan fingerprint density at radius 3 is 2.48 bits per heavy atom. The minimum absolute atomic E-state index is 0.0923. The van der Waals surface area contributed by atoms with Crippen LogP contribution in [0.1, 0.15) is 18.4 Å². The maximum Gasteiger partial charge on any atom is 0.243 e. The number of carbonyl (C=O) groups excluding carboxylic acids is 3. The Morgan fingerprint density at radius 2 is 1.81 bits per heavy atom. The molecular weight excluding hydrogens is 368 g/mol. The Balaban J connectivity index is 1.36. The van der Waals surface area contributed by atoms with Crippen molar-refractivity contribution in [2.45, 2.75) is 19.8 Å². The number of piperazine rings is 1. The molecule has 1 aromatic carbocycles. The Bertz CT molecular complexity index is 728. The van der Waals surface area contributed by atoms with Gasteiger partial charge in [-0.3, -0.25) is 19.3 Å². The van der Waals surface area contributed by atoms with Crippen LogP contribution in [0.5, 0.6) is 0 Å². The number of anilines is 1. The van der Waals surface area contributed by atoms with Gasteiger partial charge >= 0.3 is 0 Å². The van der Waals surface area contributed by atoms with E-state index in [2.05, 4.69) is 10.6 Å². The number of amides is 3. The maximum atomic E-state index is 12.1. The average Bonchev–Trinajstić information content (AvgIpc) is 3.49. The molecule has 1 aliphatic heterocycles. The van der Waals surface area contributed by atoms with Gasteiger partial charge in [-0.15, -0.1) is 0 Å². The monoisotopic (exact) mass is 392 g/mol. The Hall–Kier alpha value is -2.12. The molecule has 146 valence electrons. The topological polar surface area (TPSA) is 81.8 Å². The largest absolute Gasteiger partial charge is 0.346 e. The van der Waals surface area contributed by atoms with Crippen molar-refractivity contribution in [3.05, 3.63) is 28.8 Å². The fraction of sp³-hybridized carbons (Fsp3) is 0.526. The zero-order valence-corrected chi connectivity index (χ0v) is 16.2. The summed E-state index contributed by atoms with van der Waals surface area (Å²) in [5.41, 5.74) is 1.43. The van der Waals surface area contributed by atoms with E-state index in [-0.39, 0.29) is 36.7 Å². The molecule has 1 saturated carbocycles. The van der Waals surface area contributed by atoms with Crippen LogP contribution < -0.4 is 10.6 Å². The number of rotatable bonds is 6. The molecule has 2 aliphatic rings. The first-order valence-corrected chi connectivity index (χ1v) is 9.64. The molecule has 3 amide bonds. The molecule has 0 unspecified atom stereocenters. The summed E-state index contributed by atoms with van der Waals surface area (Å²) in [5.74, 6) is -0.00271. The molecule has 8 heteroatoms. The molecule has 3 rings (SSSR count). The molecule has 0 bridgehead atoms. The molecule has 1 aromatic rings. The van der Waals surface area contributed by atoms with Gasteiger partial charge in [0.1, 0.15) is 0 Å². The third-order valence-electron chi connectivity index (χ3n) is 4.97. The molecule has 2 fully saturated rings. The highest BCUT2D eigenvalue weighted by Gasteiger charge is 2.34. The van der Waals surface area contributed by atoms with Crippen molar-refractivity contribution in [2.24, 2.45) is 5.92 Å². The van der Waals surface area contributed by atoms with E-state index in [4.69, 9.17) is 11.6 Å². The Morgan fingerprint density at radius 1 is 1.11 bits per heavy atom. The minimum atomic E-state index is -0.298. The van der Waals surface area contributed by atoms with Crippen molar-refractivity contribution < 1.29 is 14.4 Å². The first-order valence-electron chi connectivity index (χ1n) is 9.27. The lowest BCUT2D eigenvalue weighted by molar-refractivity contribution is -0.134. The second kappa shape index (κ2) is 8.71. The van der Waals surface area contributed by atoms with Gasteiger partial charge in [-0.1, -0.05) is 17.7 Å². The van der Waals surface area contributed by atoms with Gasteiger partial charge < -0.3 is 15.5 Å². The summed E-state index contributed by atoms with van der Waals surface area (Å²) in [6.07, 6.45) is 2.02. The van der Waals surface area contributed by atoms with Crippen molar-refractivity contribution >= 4 is 35.0 Å². The third-order valence-corrected chi connectivity index (χ3v) is 5.38. The van der Waals surface area contributed by atoms with E-state index in [1.807, 2.05) is 16.7 Å². The van der Waals surface area contributed by atoms with Crippen LogP contribution in [0.4, 0.5) is 5.69 Å². The molecule has 0 spiro atoms. The zero-order valence-electron chi connectivity index (χ0n) is 15.5. The molecular formula is C19H25ClN4O3. The Labute approximate surface area is 164 Å². The molecule has 1 aliphatic carbocycles. The van der Waals surface area contributed by atoms with Crippen LogP contribution in [0.15, 0.2) is 18.2 Å². The summed E-state index contributed by atoms with van der Waals surface area (Å²) in [4.78, 5) is 40.1. The lowest BCUT2D eigenvalue weighted by Crippen LogP contribution is -2.51.